The first-order valence-corrected chi connectivity index (χ1v) is 9.50. The second-order valence-electron chi connectivity index (χ2n) is 5.25. The highest BCUT2D eigenvalue weighted by Gasteiger charge is 2.10. The lowest BCUT2D eigenvalue weighted by Crippen LogP contribution is -2.00. The molecule has 25 heavy (non-hydrogen) atoms. The van der Waals surface area contributed by atoms with Gasteiger partial charge in [-0.15, -0.1) is 11.3 Å². The van der Waals surface area contributed by atoms with Gasteiger partial charge in [0, 0.05) is 15.5 Å². The average molecular weight is 365 g/mol. The van der Waals surface area contributed by atoms with Crippen molar-refractivity contribution in [2.75, 3.05) is 5.32 Å². The van der Waals surface area contributed by atoms with Gasteiger partial charge in [0.15, 0.2) is 0 Å². The number of benzene rings is 2. The topological polar surface area (TPSA) is 51.0 Å². The predicted molar refractivity (Wildman–Crippen MR) is 102 cm³/mol. The molecule has 0 saturated carbocycles. The molecule has 0 fully saturated rings. The number of nitrogens with zero attached hydrogens (tertiary/aromatic N) is 2. The first-order chi connectivity index (χ1) is 12.4. The summed E-state index contributed by atoms with van der Waals surface area (Å²) >= 11 is 3.32. The van der Waals surface area contributed by atoms with Gasteiger partial charge in [0.2, 0.25) is 11.7 Å². The summed E-state index contributed by atoms with van der Waals surface area (Å²) in [6.45, 7) is 0.491. The molecule has 0 radical (unpaired) electrons. The molecule has 124 valence electrons. The van der Waals surface area contributed by atoms with E-state index in [9.17, 15) is 0 Å². The van der Waals surface area contributed by atoms with Crippen LogP contribution in [-0.4, -0.2) is 10.1 Å². The number of aromatic nitrogens is 2. The summed E-state index contributed by atoms with van der Waals surface area (Å²) in [6, 6.07) is 22.5. The molecule has 2 heterocycles. The van der Waals surface area contributed by atoms with Gasteiger partial charge < -0.3 is 9.84 Å². The van der Waals surface area contributed by atoms with E-state index in [1.54, 1.807) is 23.1 Å². The second-order valence-corrected chi connectivity index (χ2v) is 7.32. The largest absolute Gasteiger partial charge is 0.375 e. The Morgan fingerprint density at radius 1 is 0.960 bits per heavy atom. The van der Waals surface area contributed by atoms with E-state index in [1.807, 2.05) is 47.8 Å². The first-order valence-electron chi connectivity index (χ1n) is 7.81. The summed E-state index contributed by atoms with van der Waals surface area (Å²) in [6.07, 6.45) is 0. The van der Waals surface area contributed by atoms with Crippen LogP contribution in [0.25, 0.3) is 10.7 Å². The molecule has 4 rings (SSSR count). The Labute approximate surface area is 153 Å². The summed E-state index contributed by atoms with van der Waals surface area (Å²) in [5.41, 5.74) is 1.05. The Balaban J connectivity index is 1.46. The fourth-order valence-corrected chi connectivity index (χ4v) is 3.91. The van der Waals surface area contributed by atoms with Crippen LogP contribution < -0.4 is 5.32 Å². The smallest absolute Gasteiger partial charge is 0.246 e. The second kappa shape index (κ2) is 7.55. The van der Waals surface area contributed by atoms with Crippen molar-refractivity contribution in [3.8, 4) is 10.7 Å². The van der Waals surface area contributed by atoms with Gasteiger partial charge in [-0.1, -0.05) is 53.3 Å². The van der Waals surface area contributed by atoms with Gasteiger partial charge in [-0.25, -0.2) is 0 Å². The van der Waals surface area contributed by atoms with E-state index in [2.05, 4.69) is 39.7 Å². The molecular weight excluding hydrogens is 350 g/mol. The minimum atomic E-state index is 0.491. The summed E-state index contributed by atoms with van der Waals surface area (Å²) in [5.74, 6) is 1.21. The van der Waals surface area contributed by atoms with E-state index in [0.29, 0.717) is 18.3 Å². The molecule has 6 heteroatoms. The van der Waals surface area contributed by atoms with Gasteiger partial charge in [-0.3, -0.25) is 0 Å². The lowest BCUT2D eigenvalue weighted by Gasteiger charge is -2.10. The van der Waals surface area contributed by atoms with E-state index in [1.165, 1.54) is 4.90 Å². The van der Waals surface area contributed by atoms with Crippen LogP contribution in [0.1, 0.15) is 5.89 Å². The fraction of sp³-hybridized carbons (Fsp3) is 0.0526. The predicted octanol–water partition coefficient (Wildman–Crippen LogP) is 5.56. The molecule has 0 aliphatic rings. The molecule has 4 aromatic rings. The molecule has 0 atom stereocenters. The zero-order valence-corrected chi connectivity index (χ0v) is 14.9. The van der Waals surface area contributed by atoms with Crippen LogP contribution in [0.15, 0.2) is 86.4 Å². The van der Waals surface area contributed by atoms with Crippen molar-refractivity contribution in [1.29, 1.82) is 0 Å². The van der Waals surface area contributed by atoms with E-state index in [4.69, 9.17) is 4.52 Å². The highest BCUT2D eigenvalue weighted by molar-refractivity contribution is 7.99. The number of anilines is 1. The number of hydrogen-bond acceptors (Lipinski definition) is 6. The lowest BCUT2D eigenvalue weighted by molar-refractivity contribution is 0.384. The van der Waals surface area contributed by atoms with Gasteiger partial charge in [0.1, 0.15) is 0 Å². The molecule has 0 amide bonds. The highest BCUT2D eigenvalue weighted by Crippen LogP contribution is 2.33. The Hall–Kier alpha value is -2.57. The summed E-state index contributed by atoms with van der Waals surface area (Å²) in [5, 5.41) is 9.44. The van der Waals surface area contributed by atoms with Crippen molar-refractivity contribution < 1.29 is 4.52 Å². The third-order valence-corrected chi connectivity index (χ3v) is 5.45. The van der Waals surface area contributed by atoms with Crippen LogP contribution in [-0.2, 0) is 6.54 Å². The van der Waals surface area contributed by atoms with E-state index in [0.717, 1.165) is 15.5 Å². The van der Waals surface area contributed by atoms with Crippen LogP contribution in [0.4, 0.5) is 5.69 Å². The Bertz CT molecular complexity index is 936. The molecule has 0 aliphatic heterocycles. The Morgan fingerprint density at radius 3 is 2.64 bits per heavy atom. The number of para-hydroxylation sites is 1. The zero-order chi connectivity index (χ0) is 16.9. The van der Waals surface area contributed by atoms with Gasteiger partial charge >= 0.3 is 0 Å². The number of hydrogen-bond donors (Lipinski definition) is 1. The molecule has 2 aromatic carbocycles. The average Bonchev–Trinajstić information content (AvgIpc) is 3.33. The van der Waals surface area contributed by atoms with Gasteiger partial charge in [-0.05, 0) is 35.7 Å². The molecule has 1 N–H and O–H groups in total. The summed E-state index contributed by atoms with van der Waals surface area (Å²) < 4.78 is 5.34. The Morgan fingerprint density at radius 2 is 1.80 bits per heavy atom. The molecule has 0 bridgehead atoms. The number of nitrogens with one attached hydrogen (secondary N) is 1. The maximum atomic E-state index is 5.34. The third kappa shape index (κ3) is 3.92. The van der Waals surface area contributed by atoms with Crippen LogP contribution in [0.5, 0.6) is 0 Å². The Kier molecular flexibility index (Phi) is 4.81. The minimum absolute atomic E-state index is 0.491. The van der Waals surface area contributed by atoms with Crippen molar-refractivity contribution in [1.82, 2.24) is 10.1 Å². The number of thiophene rings is 1. The monoisotopic (exact) mass is 365 g/mol. The van der Waals surface area contributed by atoms with Crippen molar-refractivity contribution in [3.63, 3.8) is 0 Å². The summed E-state index contributed by atoms with van der Waals surface area (Å²) in [7, 11) is 0. The molecule has 0 unspecified atom stereocenters. The highest BCUT2D eigenvalue weighted by atomic mass is 32.2. The van der Waals surface area contributed by atoms with Crippen LogP contribution in [0, 0.1) is 0 Å². The van der Waals surface area contributed by atoms with Crippen LogP contribution >= 0.6 is 23.1 Å². The molecule has 2 aromatic heterocycles. The van der Waals surface area contributed by atoms with Gasteiger partial charge in [0.25, 0.3) is 0 Å². The zero-order valence-electron chi connectivity index (χ0n) is 13.3. The van der Waals surface area contributed by atoms with Gasteiger partial charge in [0.05, 0.1) is 11.4 Å². The van der Waals surface area contributed by atoms with Crippen molar-refractivity contribution in [2.45, 2.75) is 16.3 Å². The van der Waals surface area contributed by atoms with Crippen LogP contribution in [0.2, 0.25) is 0 Å². The van der Waals surface area contributed by atoms with E-state index >= 15 is 0 Å². The minimum Gasteiger partial charge on any atom is -0.375 e. The van der Waals surface area contributed by atoms with E-state index < -0.39 is 0 Å². The maximum absolute atomic E-state index is 5.34. The van der Waals surface area contributed by atoms with Crippen molar-refractivity contribution >= 4 is 28.8 Å². The van der Waals surface area contributed by atoms with Crippen molar-refractivity contribution in [2.24, 2.45) is 0 Å². The van der Waals surface area contributed by atoms with E-state index in [-0.39, 0.29) is 0 Å². The maximum Gasteiger partial charge on any atom is 0.246 e. The lowest BCUT2D eigenvalue weighted by atomic mass is 10.3. The molecule has 0 saturated heterocycles. The first kappa shape index (κ1) is 15.9. The normalized spacial score (nSPS) is 10.7. The third-order valence-electron chi connectivity index (χ3n) is 3.50. The molecular formula is C19H15N3OS2. The molecule has 0 spiro atoms. The molecule has 0 aliphatic carbocycles. The standard InChI is InChI=1S/C19H15N3OS2/c1-2-7-14(8-3-1)25-16-10-5-4-9-15(16)20-13-18-21-19(22-23-18)17-11-6-12-24-17/h1-12,20H,13H2. The van der Waals surface area contributed by atoms with Gasteiger partial charge in [-0.2, -0.15) is 4.98 Å². The SMILES string of the molecule is c1ccc(Sc2ccccc2NCc2nc(-c3cccs3)no2)cc1. The summed E-state index contributed by atoms with van der Waals surface area (Å²) in [4.78, 5) is 7.82. The number of rotatable bonds is 6. The quantitative estimate of drug-likeness (QED) is 0.485. The fourth-order valence-electron chi connectivity index (χ4n) is 2.32. The van der Waals surface area contributed by atoms with Crippen molar-refractivity contribution in [3.05, 3.63) is 78.0 Å². The molecule has 4 nitrogen and oxygen atoms in total. The van der Waals surface area contributed by atoms with Crippen LogP contribution in [0.3, 0.4) is 0 Å².